The van der Waals surface area contributed by atoms with Gasteiger partial charge in [0, 0.05) is 25.6 Å². The highest BCUT2D eigenvalue weighted by atomic mass is 16.1. The van der Waals surface area contributed by atoms with Crippen LogP contribution in [0.2, 0.25) is 0 Å². The Morgan fingerprint density at radius 1 is 1.18 bits per heavy atom. The highest BCUT2D eigenvalue weighted by Gasteiger charge is 2.07. The number of benzene rings is 1. The van der Waals surface area contributed by atoms with Crippen molar-refractivity contribution < 1.29 is 4.79 Å². The van der Waals surface area contributed by atoms with E-state index >= 15 is 0 Å². The molecule has 1 unspecified atom stereocenters. The third-order valence-corrected chi connectivity index (χ3v) is 4.26. The van der Waals surface area contributed by atoms with Crippen LogP contribution >= 0.6 is 0 Å². The smallest absolute Gasteiger partial charge is 0.221 e. The Morgan fingerprint density at radius 3 is 2.73 bits per heavy atom. The maximum atomic E-state index is 11.8. The normalized spacial score (nSPS) is 16.0. The first kappa shape index (κ1) is 16.8. The summed E-state index contributed by atoms with van der Waals surface area (Å²) >= 11 is 0. The van der Waals surface area contributed by atoms with Crippen LogP contribution in [0.4, 0.5) is 0 Å². The molecule has 1 aromatic carbocycles. The number of nitrogens with one attached hydrogen (secondary N) is 2. The van der Waals surface area contributed by atoms with Crippen molar-refractivity contribution in [2.24, 2.45) is 0 Å². The van der Waals surface area contributed by atoms with Crippen LogP contribution in [-0.4, -0.2) is 19.0 Å². The van der Waals surface area contributed by atoms with E-state index in [1.165, 1.54) is 36.8 Å². The molecule has 0 fully saturated rings. The SMILES string of the molecule is CC(NCCC(=O)NCCC1=CCCCC1)c1ccccc1. The van der Waals surface area contributed by atoms with Crippen molar-refractivity contribution >= 4 is 5.91 Å². The highest BCUT2D eigenvalue weighted by molar-refractivity contribution is 5.76. The summed E-state index contributed by atoms with van der Waals surface area (Å²) < 4.78 is 0. The maximum Gasteiger partial charge on any atom is 0.221 e. The third-order valence-electron chi connectivity index (χ3n) is 4.26. The third kappa shape index (κ3) is 6.02. The molecule has 1 atom stereocenters. The van der Waals surface area contributed by atoms with Gasteiger partial charge < -0.3 is 10.6 Å². The first-order valence-electron chi connectivity index (χ1n) is 8.48. The first-order valence-corrected chi connectivity index (χ1v) is 8.48. The van der Waals surface area contributed by atoms with Crippen LogP contribution in [0.5, 0.6) is 0 Å². The number of hydrogen-bond donors (Lipinski definition) is 2. The van der Waals surface area contributed by atoms with Crippen molar-refractivity contribution in [3.8, 4) is 0 Å². The Bertz CT molecular complexity index is 481. The molecule has 0 bridgehead atoms. The lowest BCUT2D eigenvalue weighted by Crippen LogP contribution is -2.29. The van der Waals surface area contributed by atoms with Gasteiger partial charge in [-0.15, -0.1) is 0 Å². The van der Waals surface area contributed by atoms with Crippen molar-refractivity contribution in [2.75, 3.05) is 13.1 Å². The monoisotopic (exact) mass is 300 g/mol. The summed E-state index contributed by atoms with van der Waals surface area (Å²) in [6.07, 6.45) is 8.95. The van der Waals surface area contributed by atoms with E-state index in [0.717, 1.165) is 13.0 Å². The van der Waals surface area contributed by atoms with Crippen molar-refractivity contribution in [3.63, 3.8) is 0 Å². The van der Waals surface area contributed by atoms with Gasteiger partial charge in [-0.3, -0.25) is 4.79 Å². The Labute approximate surface area is 134 Å². The summed E-state index contributed by atoms with van der Waals surface area (Å²) in [6, 6.07) is 10.6. The molecule has 1 aromatic rings. The minimum Gasteiger partial charge on any atom is -0.356 e. The van der Waals surface area contributed by atoms with Gasteiger partial charge in [-0.05, 0) is 44.6 Å². The molecule has 0 saturated carbocycles. The average Bonchev–Trinajstić information content (AvgIpc) is 2.56. The van der Waals surface area contributed by atoms with Crippen LogP contribution in [0, 0.1) is 0 Å². The topological polar surface area (TPSA) is 41.1 Å². The zero-order valence-corrected chi connectivity index (χ0v) is 13.6. The fourth-order valence-electron chi connectivity index (χ4n) is 2.84. The summed E-state index contributed by atoms with van der Waals surface area (Å²) in [5.41, 5.74) is 2.77. The molecule has 0 spiro atoms. The number of rotatable bonds is 8. The van der Waals surface area contributed by atoms with Crippen LogP contribution in [-0.2, 0) is 4.79 Å². The van der Waals surface area contributed by atoms with Crippen LogP contribution in [0.15, 0.2) is 42.0 Å². The van der Waals surface area contributed by atoms with Crippen molar-refractivity contribution in [1.29, 1.82) is 0 Å². The van der Waals surface area contributed by atoms with Crippen molar-refractivity contribution in [3.05, 3.63) is 47.5 Å². The minimum atomic E-state index is 0.143. The second-order valence-corrected chi connectivity index (χ2v) is 6.04. The molecule has 2 rings (SSSR count). The quantitative estimate of drug-likeness (QED) is 0.718. The highest BCUT2D eigenvalue weighted by Crippen LogP contribution is 2.19. The van der Waals surface area contributed by atoms with Crippen LogP contribution < -0.4 is 10.6 Å². The summed E-state index contributed by atoms with van der Waals surface area (Å²) in [4.78, 5) is 11.8. The number of allylic oxidation sites excluding steroid dienone is 1. The number of carbonyl (C=O) groups excluding carboxylic acids is 1. The summed E-state index contributed by atoms with van der Waals surface area (Å²) in [5.74, 6) is 0.143. The van der Waals surface area contributed by atoms with E-state index in [1.54, 1.807) is 0 Å². The molecule has 2 N–H and O–H groups in total. The number of carbonyl (C=O) groups is 1. The van der Waals surface area contributed by atoms with Gasteiger partial charge in [0.1, 0.15) is 0 Å². The van der Waals surface area contributed by atoms with Crippen LogP contribution in [0.3, 0.4) is 0 Å². The molecule has 0 saturated heterocycles. The first-order chi connectivity index (χ1) is 10.8. The predicted molar refractivity (Wildman–Crippen MR) is 91.7 cm³/mol. The van der Waals surface area contributed by atoms with E-state index in [4.69, 9.17) is 0 Å². The standard InChI is InChI=1S/C19H28N2O/c1-16(18-10-6-3-7-11-18)20-15-13-19(22)21-14-12-17-8-4-2-5-9-17/h3,6-8,10-11,16,20H,2,4-5,9,12-15H2,1H3,(H,21,22). The fourth-order valence-corrected chi connectivity index (χ4v) is 2.84. The summed E-state index contributed by atoms with van der Waals surface area (Å²) in [7, 11) is 0. The van der Waals surface area contributed by atoms with Gasteiger partial charge in [-0.2, -0.15) is 0 Å². The molecule has 0 radical (unpaired) electrons. The lowest BCUT2D eigenvalue weighted by Gasteiger charge is -2.15. The minimum absolute atomic E-state index is 0.143. The molecule has 1 aliphatic rings. The van der Waals surface area contributed by atoms with E-state index < -0.39 is 0 Å². The van der Waals surface area contributed by atoms with Gasteiger partial charge in [0.15, 0.2) is 0 Å². The number of hydrogen-bond acceptors (Lipinski definition) is 2. The molecule has 0 heterocycles. The van der Waals surface area contributed by atoms with Crippen molar-refractivity contribution in [1.82, 2.24) is 10.6 Å². The predicted octanol–water partition coefficient (Wildman–Crippen LogP) is 3.73. The largest absolute Gasteiger partial charge is 0.356 e. The molecule has 1 aliphatic carbocycles. The lowest BCUT2D eigenvalue weighted by atomic mass is 9.97. The zero-order valence-electron chi connectivity index (χ0n) is 13.6. The second kappa shape index (κ2) is 9.42. The molecule has 3 heteroatoms. The molecule has 0 aromatic heterocycles. The van der Waals surface area contributed by atoms with E-state index in [9.17, 15) is 4.79 Å². The van der Waals surface area contributed by atoms with Crippen LogP contribution in [0.25, 0.3) is 0 Å². The lowest BCUT2D eigenvalue weighted by molar-refractivity contribution is -0.120. The molecule has 120 valence electrons. The van der Waals surface area contributed by atoms with Gasteiger partial charge in [0.05, 0.1) is 0 Å². The molecule has 0 aliphatic heterocycles. The zero-order chi connectivity index (χ0) is 15.6. The summed E-state index contributed by atoms with van der Waals surface area (Å²) in [6.45, 7) is 3.62. The average molecular weight is 300 g/mol. The van der Waals surface area contributed by atoms with Gasteiger partial charge in [0.25, 0.3) is 0 Å². The van der Waals surface area contributed by atoms with Crippen molar-refractivity contribution in [2.45, 2.75) is 51.5 Å². The molecular weight excluding hydrogens is 272 g/mol. The van der Waals surface area contributed by atoms with E-state index in [1.807, 2.05) is 18.2 Å². The van der Waals surface area contributed by atoms with Gasteiger partial charge in [-0.25, -0.2) is 0 Å². The molecule has 22 heavy (non-hydrogen) atoms. The van der Waals surface area contributed by atoms with E-state index in [0.29, 0.717) is 13.0 Å². The Hall–Kier alpha value is -1.61. The van der Waals surface area contributed by atoms with Gasteiger partial charge in [-0.1, -0.05) is 42.0 Å². The number of amides is 1. The molecular formula is C19H28N2O. The summed E-state index contributed by atoms with van der Waals surface area (Å²) in [5, 5.41) is 6.42. The Kier molecular flexibility index (Phi) is 7.17. The fraction of sp³-hybridized carbons (Fsp3) is 0.526. The van der Waals surface area contributed by atoms with Gasteiger partial charge >= 0.3 is 0 Å². The van der Waals surface area contributed by atoms with E-state index in [2.05, 4.69) is 35.8 Å². The van der Waals surface area contributed by atoms with Gasteiger partial charge in [0.2, 0.25) is 5.91 Å². The molecule has 1 amide bonds. The molecule has 3 nitrogen and oxygen atoms in total. The Morgan fingerprint density at radius 2 is 2.00 bits per heavy atom. The van der Waals surface area contributed by atoms with Crippen LogP contribution in [0.1, 0.15) is 57.1 Å². The van der Waals surface area contributed by atoms with E-state index in [-0.39, 0.29) is 11.9 Å². The maximum absolute atomic E-state index is 11.8. The Balaban J connectivity index is 1.56. The second-order valence-electron chi connectivity index (χ2n) is 6.04.